The molecule has 0 saturated heterocycles. The summed E-state index contributed by atoms with van der Waals surface area (Å²) in [5.41, 5.74) is 10.1. The van der Waals surface area contributed by atoms with Crippen LogP contribution >= 0.6 is 15.9 Å². The second-order valence-electron chi connectivity index (χ2n) is 5.05. The summed E-state index contributed by atoms with van der Waals surface area (Å²) in [7, 11) is 1.68. The Morgan fingerprint density at radius 3 is 2.50 bits per heavy atom. The van der Waals surface area contributed by atoms with Crippen molar-refractivity contribution in [2.24, 2.45) is 5.73 Å². The smallest absolute Gasteiger partial charge is 0.119 e. The topological polar surface area (TPSA) is 35.2 Å². The molecule has 0 aromatic heterocycles. The van der Waals surface area contributed by atoms with Crippen molar-refractivity contribution in [1.82, 2.24) is 0 Å². The first-order valence-corrected chi connectivity index (χ1v) is 7.52. The third-order valence-electron chi connectivity index (χ3n) is 3.48. The molecule has 0 spiro atoms. The number of hydrogen-bond acceptors (Lipinski definition) is 2. The van der Waals surface area contributed by atoms with Crippen molar-refractivity contribution in [3.05, 3.63) is 63.6 Å². The van der Waals surface area contributed by atoms with E-state index in [-0.39, 0.29) is 6.04 Å². The molecule has 0 heterocycles. The molecule has 0 aliphatic rings. The molecule has 0 amide bonds. The van der Waals surface area contributed by atoms with E-state index in [1.807, 2.05) is 18.2 Å². The van der Waals surface area contributed by atoms with Crippen LogP contribution in [0, 0.1) is 6.92 Å². The zero-order valence-corrected chi connectivity index (χ0v) is 13.5. The summed E-state index contributed by atoms with van der Waals surface area (Å²) in [6.07, 6.45) is 1.71. The number of halogens is 1. The number of methoxy groups -OCH3 is 1. The lowest BCUT2D eigenvalue weighted by atomic mass is 9.97. The minimum Gasteiger partial charge on any atom is -0.497 e. The van der Waals surface area contributed by atoms with E-state index in [1.165, 1.54) is 16.7 Å². The summed E-state index contributed by atoms with van der Waals surface area (Å²) in [5, 5.41) is 0. The van der Waals surface area contributed by atoms with Gasteiger partial charge in [0.1, 0.15) is 5.75 Å². The van der Waals surface area contributed by atoms with Crippen LogP contribution in [-0.2, 0) is 12.8 Å². The molecule has 2 aromatic rings. The Bertz CT molecular complexity index is 583. The van der Waals surface area contributed by atoms with Crippen LogP contribution in [0.5, 0.6) is 5.75 Å². The fourth-order valence-electron chi connectivity index (χ4n) is 2.31. The van der Waals surface area contributed by atoms with E-state index in [1.54, 1.807) is 7.11 Å². The Balaban J connectivity index is 2.08. The molecule has 20 heavy (non-hydrogen) atoms. The molecule has 2 nitrogen and oxygen atoms in total. The quantitative estimate of drug-likeness (QED) is 0.901. The average Bonchev–Trinajstić information content (AvgIpc) is 2.44. The van der Waals surface area contributed by atoms with Gasteiger partial charge in [-0.1, -0.05) is 40.2 Å². The summed E-state index contributed by atoms with van der Waals surface area (Å²) in [6, 6.07) is 14.5. The number of benzene rings is 2. The van der Waals surface area contributed by atoms with E-state index < -0.39 is 0 Å². The van der Waals surface area contributed by atoms with E-state index in [2.05, 4.69) is 47.1 Å². The molecule has 0 radical (unpaired) electrons. The largest absolute Gasteiger partial charge is 0.497 e. The summed E-state index contributed by atoms with van der Waals surface area (Å²) >= 11 is 3.58. The average molecular weight is 334 g/mol. The Morgan fingerprint density at radius 2 is 1.80 bits per heavy atom. The molecule has 0 aliphatic carbocycles. The van der Waals surface area contributed by atoms with Gasteiger partial charge in [-0.25, -0.2) is 0 Å². The highest BCUT2D eigenvalue weighted by Crippen LogP contribution is 2.24. The maximum Gasteiger partial charge on any atom is 0.119 e. The molecule has 0 saturated carbocycles. The Hall–Kier alpha value is -1.32. The van der Waals surface area contributed by atoms with E-state index in [4.69, 9.17) is 10.5 Å². The van der Waals surface area contributed by atoms with Crippen LogP contribution in [0.1, 0.15) is 16.7 Å². The third-order valence-corrected chi connectivity index (χ3v) is 4.25. The molecule has 3 heteroatoms. The second-order valence-corrected chi connectivity index (χ2v) is 5.91. The highest BCUT2D eigenvalue weighted by Gasteiger charge is 2.10. The van der Waals surface area contributed by atoms with Crippen molar-refractivity contribution in [1.29, 1.82) is 0 Å². The lowest BCUT2D eigenvalue weighted by Gasteiger charge is -2.15. The van der Waals surface area contributed by atoms with Gasteiger partial charge in [0.05, 0.1) is 7.11 Å². The predicted molar refractivity (Wildman–Crippen MR) is 87.3 cm³/mol. The molecular weight excluding hydrogens is 314 g/mol. The Labute approximate surface area is 129 Å². The minimum atomic E-state index is 0.0968. The van der Waals surface area contributed by atoms with Gasteiger partial charge in [0.25, 0.3) is 0 Å². The number of rotatable bonds is 5. The molecule has 106 valence electrons. The summed E-state index contributed by atoms with van der Waals surface area (Å²) < 4.78 is 6.35. The van der Waals surface area contributed by atoms with Crippen LogP contribution < -0.4 is 10.5 Å². The van der Waals surface area contributed by atoms with Crippen molar-refractivity contribution in [2.75, 3.05) is 7.11 Å². The van der Waals surface area contributed by atoms with Crippen LogP contribution in [-0.4, -0.2) is 13.2 Å². The molecule has 0 aliphatic heterocycles. The van der Waals surface area contributed by atoms with E-state index in [9.17, 15) is 0 Å². The third kappa shape index (κ3) is 3.84. The van der Waals surface area contributed by atoms with Crippen LogP contribution in [0.4, 0.5) is 0 Å². The van der Waals surface area contributed by atoms with Gasteiger partial charge in [-0.15, -0.1) is 0 Å². The molecule has 2 aromatic carbocycles. The number of nitrogens with two attached hydrogens (primary N) is 1. The summed E-state index contributed by atoms with van der Waals surface area (Å²) in [6.45, 7) is 2.13. The molecule has 2 rings (SSSR count). The predicted octanol–water partition coefficient (Wildman–Crippen LogP) is 3.88. The standard InChI is InChI=1S/C17H20BrNO/c1-12-5-3-4-6-13(12)9-15(19)10-14-11-16(20-2)7-8-17(14)18/h3-8,11,15H,9-10,19H2,1-2H3. The van der Waals surface area contributed by atoms with Crippen molar-refractivity contribution in [3.63, 3.8) is 0 Å². The van der Waals surface area contributed by atoms with Crippen LogP contribution in [0.15, 0.2) is 46.9 Å². The SMILES string of the molecule is COc1ccc(Br)c(CC(N)Cc2ccccc2C)c1. The van der Waals surface area contributed by atoms with Crippen molar-refractivity contribution < 1.29 is 4.74 Å². The molecule has 1 unspecified atom stereocenters. The number of aryl methyl sites for hydroxylation is 1. The van der Waals surface area contributed by atoms with Gasteiger partial charge in [0, 0.05) is 10.5 Å². The highest BCUT2D eigenvalue weighted by atomic mass is 79.9. The monoisotopic (exact) mass is 333 g/mol. The maximum absolute atomic E-state index is 6.31. The minimum absolute atomic E-state index is 0.0968. The molecular formula is C17H20BrNO. The first-order chi connectivity index (χ1) is 9.60. The van der Waals surface area contributed by atoms with Crippen LogP contribution in [0.25, 0.3) is 0 Å². The second kappa shape index (κ2) is 6.91. The van der Waals surface area contributed by atoms with Crippen molar-refractivity contribution in [3.8, 4) is 5.75 Å². The molecule has 2 N–H and O–H groups in total. The molecule has 1 atom stereocenters. The van der Waals surface area contributed by atoms with Gasteiger partial charge >= 0.3 is 0 Å². The zero-order chi connectivity index (χ0) is 14.5. The van der Waals surface area contributed by atoms with Crippen LogP contribution in [0.3, 0.4) is 0 Å². The van der Waals surface area contributed by atoms with Gasteiger partial charge in [-0.3, -0.25) is 0 Å². The van der Waals surface area contributed by atoms with Crippen LogP contribution in [0.2, 0.25) is 0 Å². The van der Waals surface area contributed by atoms with Gasteiger partial charge < -0.3 is 10.5 Å². The normalized spacial score (nSPS) is 12.2. The van der Waals surface area contributed by atoms with E-state index in [0.29, 0.717) is 0 Å². The van der Waals surface area contributed by atoms with Gasteiger partial charge in [0.2, 0.25) is 0 Å². The fraction of sp³-hybridized carbons (Fsp3) is 0.294. The lowest BCUT2D eigenvalue weighted by Crippen LogP contribution is -2.26. The van der Waals surface area contributed by atoms with E-state index >= 15 is 0 Å². The molecule has 0 bridgehead atoms. The van der Waals surface area contributed by atoms with E-state index in [0.717, 1.165) is 23.1 Å². The fourth-order valence-corrected chi connectivity index (χ4v) is 2.72. The number of ether oxygens (including phenoxy) is 1. The van der Waals surface area contributed by atoms with Crippen molar-refractivity contribution in [2.45, 2.75) is 25.8 Å². The highest BCUT2D eigenvalue weighted by molar-refractivity contribution is 9.10. The number of hydrogen-bond donors (Lipinski definition) is 1. The summed E-state index contributed by atoms with van der Waals surface area (Å²) in [5.74, 6) is 0.867. The van der Waals surface area contributed by atoms with Crippen molar-refractivity contribution >= 4 is 15.9 Å². The zero-order valence-electron chi connectivity index (χ0n) is 11.9. The Morgan fingerprint density at radius 1 is 1.10 bits per heavy atom. The first-order valence-electron chi connectivity index (χ1n) is 6.72. The van der Waals surface area contributed by atoms with Gasteiger partial charge in [0.15, 0.2) is 0 Å². The Kier molecular flexibility index (Phi) is 5.21. The molecule has 0 fully saturated rings. The first kappa shape index (κ1) is 15.1. The summed E-state index contributed by atoms with van der Waals surface area (Å²) in [4.78, 5) is 0. The van der Waals surface area contributed by atoms with Gasteiger partial charge in [-0.05, 0) is 54.7 Å². The maximum atomic E-state index is 6.31. The van der Waals surface area contributed by atoms with Gasteiger partial charge in [-0.2, -0.15) is 0 Å². The lowest BCUT2D eigenvalue weighted by molar-refractivity contribution is 0.414.